The SMILES string of the molecule is O=C(NC1CCCCC1CCl)c1ccnnc1. The number of carbonyl (C=O) groups excluding carboxylic acids is 1. The van der Waals surface area contributed by atoms with Gasteiger partial charge in [0.05, 0.1) is 18.0 Å². The number of aromatic nitrogens is 2. The van der Waals surface area contributed by atoms with Gasteiger partial charge >= 0.3 is 0 Å². The topological polar surface area (TPSA) is 54.9 Å². The molecule has 0 saturated heterocycles. The minimum absolute atomic E-state index is 0.0816. The van der Waals surface area contributed by atoms with Gasteiger partial charge in [-0.25, -0.2) is 0 Å². The van der Waals surface area contributed by atoms with Gasteiger partial charge in [-0.15, -0.1) is 11.6 Å². The number of amides is 1. The molecular formula is C12H16ClN3O. The Hall–Kier alpha value is -1.16. The van der Waals surface area contributed by atoms with Gasteiger partial charge in [-0.1, -0.05) is 12.8 Å². The van der Waals surface area contributed by atoms with E-state index in [0.29, 0.717) is 17.4 Å². The van der Waals surface area contributed by atoms with Crippen molar-refractivity contribution in [3.63, 3.8) is 0 Å². The maximum Gasteiger partial charge on any atom is 0.253 e. The average Bonchev–Trinajstić information content (AvgIpc) is 2.40. The molecule has 1 amide bonds. The summed E-state index contributed by atoms with van der Waals surface area (Å²) in [5.41, 5.74) is 0.555. The lowest BCUT2D eigenvalue weighted by molar-refractivity contribution is 0.0910. The maximum atomic E-state index is 12.0. The van der Waals surface area contributed by atoms with E-state index in [9.17, 15) is 4.79 Å². The molecule has 1 aliphatic carbocycles. The Morgan fingerprint density at radius 2 is 2.24 bits per heavy atom. The monoisotopic (exact) mass is 253 g/mol. The van der Waals surface area contributed by atoms with Crippen LogP contribution in [0, 0.1) is 5.92 Å². The Morgan fingerprint density at radius 3 is 2.94 bits per heavy atom. The summed E-state index contributed by atoms with van der Waals surface area (Å²) in [5, 5.41) is 10.4. The molecule has 92 valence electrons. The van der Waals surface area contributed by atoms with E-state index >= 15 is 0 Å². The number of carbonyl (C=O) groups is 1. The number of halogens is 1. The minimum atomic E-state index is -0.0816. The first-order valence-electron chi connectivity index (χ1n) is 5.95. The molecule has 5 heteroatoms. The van der Waals surface area contributed by atoms with Crippen molar-refractivity contribution >= 4 is 17.5 Å². The second-order valence-electron chi connectivity index (χ2n) is 4.41. The number of nitrogens with one attached hydrogen (secondary N) is 1. The van der Waals surface area contributed by atoms with E-state index in [0.717, 1.165) is 19.3 Å². The summed E-state index contributed by atoms with van der Waals surface area (Å²) in [7, 11) is 0. The molecule has 0 radical (unpaired) electrons. The van der Waals surface area contributed by atoms with Crippen molar-refractivity contribution in [2.45, 2.75) is 31.7 Å². The highest BCUT2D eigenvalue weighted by Crippen LogP contribution is 2.25. The average molecular weight is 254 g/mol. The Labute approximate surface area is 106 Å². The Kier molecular flexibility index (Phi) is 4.31. The Bertz CT molecular complexity index is 371. The summed E-state index contributed by atoms with van der Waals surface area (Å²) >= 11 is 5.93. The summed E-state index contributed by atoms with van der Waals surface area (Å²) in [6, 6.07) is 1.86. The van der Waals surface area contributed by atoms with Crippen molar-refractivity contribution in [3.8, 4) is 0 Å². The molecule has 2 unspecified atom stereocenters. The van der Waals surface area contributed by atoms with Crippen LogP contribution in [0.4, 0.5) is 0 Å². The lowest BCUT2D eigenvalue weighted by Gasteiger charge is -2.30. The lowest BCUT2D eigenvalue weighted by atomic mass is 9.85. The fourth-order valence-electron chi connectivity index (χ4n) is 2.26. The van der Waals surface area contributed by atoms with Gasteiger partial charge in [-0.2, -0.15) is 10.2 Å². The fraction of sp³-hybridized carbons (Fsp3) is 0.583. The normalized spacial score (nSPS) is 24.3. The van der Waals surface area contributed by atoms with Gasteiger partial charge in [0, 0.05) is 11.9 Å². The van der Waals surface area contributed by atoms with E-state index in [2.05, 4.69) is 15.5 Å². The van der Waals surface area contributed by atoms with Crippen LogP contribution in [0.5, 0.6) is 0 Å². The Balaban J connectivity index is 1.98. The van der Waals surface area contributed by atoms with Gasteiger partial charge < -0.3 is 5.32 Å². The molecule has 0 aromatic carbocycles. The van der Waals surface area contributed by atoms with Gasteiger partial charge in [0.2, 0.25) is 0 Å². The van der Waals surface area contributed by atoms with Crippen LogP contribution in [0.1, 0.15) is 36.0 Å². The molecule has 2 atom stereocenters. The summed E-state index contributed by atoms with van der Waals surface area (Å²) < 4.78 is 0. The smallest absolute Gasteiger partial charge is 0.253 e. The molecule has 4 nitrogen and oxygen atoms in total. The van der Waals surface area contributed by atoms with Crippen molar-refractivity contribution in [1.82, 2.24) is 15.5 Å². The predicted molar refractivity (Wildman–Crippen MR) is 66.0 cm³/mol. The number of alkyl halides is 1. The van der Waals surface area contributed by atoms with Crippen LogP contribution in [0.2, 0.25) is 0 Å². The zero-order chi connectivity index (χ0) is 12.1. The van der Waals surface area contributed by atoms with Crippen LogP contribution in [0.25, 0.3) is 0 Å². The summed E-state index contributed by atoms with van der Waals surface area (Å²) in [6.45, 7) is 0. The largest absolute Gasteiger partial charge is 0.349 e. The number of rotatable bonds is 3. The lowest BCUT2D eigenvalue weighted by Crippen LogP contribution is -2.42. The number of hydrogen-bond acceptors (Lipinski definition) is 3. The van der Waals surface area contributed by atoms with Gasteiger partial charge in [0.15, 0.2) is 0 Å². The van der Waals surface area contributed by atoms with E-state index in [1.165, 1.54) is 18.8 Å². The third-order valence-electron chi connectivity index (χ3n) is 3.27. The molecule has 1 saturated carbocycles. The van der Waals surface area contributed by atoms with Crippen LogP contribution < -0.4 is 5.32 Å². The zero-order valence-corrected chi connectivity index (χ0v) is 10.4. The fourth-order valence-corrected chi connectivity index (χ4v) is 2.63. The van der Waals surface area contributed by atoms with Gasteiger partial charge in [-0.05, 0) is 24.8 Å². The molecule has 1 heterocycles. The van der Waals surface area contributed by atoms with Crippen LogP contribution in [0.3, 0.4) is 0 Å². The third kappa shape index (κ3) is 3.16. The molecule has 1 aliphatic rings. The van der Waals surface area contributed by atoms with Crippen molar-refractivity contribution in [3.05, 3.63) is 24.0 Å². The van der Waals surface area contributed by atoms with E-state index < -0.39 is 0 Å². The second-order valence-corrected chi connectivity index (χ2v) is 4.72. The summed E-state index contributed by atoms with van der Waals surface area (Å²) in [5.74, 6) is 0.922. The second kappa shape index (κ2) is 5.96. The van der Waals surface area contributed by atoms with Gasteiger partial charge in [-0.3, -0.25) is 4.79 Å². The molecule has 1 aromatic rings. The first kappa shape index (κ1) is 12.3. The first-order chi connectivity index (χ1) is 8.31. The number of nitrogens with zero attached hydrogens (tertiary/aromatic N) is 2. The highest BCUT2D eigenvalue weighted by atomic mass is 35.5. The molecular weight excluding hydrogens is 238 g/mol. The molecule has 1 N–H and O–H groups in total. The van der Waals surface area contributed by atoms with E-state index in [1.54, 1.807) is 6.07 Å². The quantitative estimate of drug-likeness (QED) is 0.839. The molecule has 0 spiro atoms. The van der Waals surface area contributed by atoms with Crippen molar-refractivity contribution in [1.29, 1.82) is 0 Å². The molecule has 1 aromatic heterocycles. The van der Waals surface area contributed by atoms with E-state index in [4.69, 9.17) is 11.6 Å². The van der Waals surface area contributed by atoms with Crippen LogP contribution in [0.15, 0.2) is 18.5 Å². The van der Waals surface area contributed by atoms with Crippen LogP contribution in [-0.4, -0.2) is 28.0 Å². The van der Waals surface area contributed by atoms with Crippen molar-refractivity contribution < 1.29 is 4.79 Å². The maximum absolute atomic E-state index is 12.0. The highest BCUT2D eigenvalue weighted by molar-refractivity contribution is 6.18. The minimum Gasteiger partial charge on any atom is -0.349 e. The standard InChI is InChI=1S/C12H16ClN3O/c13-7-9-3-1-2-4-11(9)16-12(17)10-5-6-14-15-8-10/h5-6,8-9,11H,1-4,7H2,(H,16,17). The van der Waals surface area contributed by atoms with Crippen LogP contribution >= 0.6 is 11.6 Å². The van der Waals surface area contributed by atoms with Crippen LogP contribution in [-0.2, 0) is 0 Å². The predicted octanol–water partition coefficient (Wildman–Crippen LogP) is 2.00. The number of hydrogen-bond donors (Lipinski definition) is 1. The highest BCUT2D eigenvalue weighted by Gasteiger charge is 2.25. The molecule has 17 heavy (non-hydrogen) atoms. The molecule has 1 fully saturated rings. The van der Waals surface area contributed by atoms with Crippen molar-refractivity contribution in [2.75, 3.05) is 5.88 Å². The van der Waals surface area contributed by atoms with E-state index in [1.807, 2.05) is 0 Å². The summed E-state index contributed by atoms with van der Waals surface area (Å²) in [4.78, 5) is 12.0. The molecule has 0 aliphatic heterocycles. The van der Waals surface area contributed by atoms with E-state index in [-0.39, 0.29) is 11.9 Å². The Morgan fingerprint density at radius 1 is 1.41 bits per heavy atom. The molecule has 0 bridgehead atoms. The van der Waals surface area contributed by atoms with Crippen molar-refractivity contribution in [2.24, 2.45) is 5.92 Å². The van der Waals surface area contributed by atoms with Gasteiger partial charge in [0.1, 0.15) is 0 Å². The zero-order valence-electron chi connectivity index (χ0n) is 9.60. The first-order valence-corrected chi connectivity index (χ1v) is 6.48. The summed E-state index contributed by atoms with van der Waals surface area (Å²) in [6.07, 6.45) is 7.49. The van der Waals surface area contributed by atoms with Gasteiger partial charge in [0.25, 0.3) is 5.91 Å². The molecule has 2 rings (SSSR count). The third-order valence-corrected chi connectivity index (χ3v) is 3.67.